The molecule has 0 aromatic carbocycles. The number of thiophene rings is 1. The number of amides is 2. The number of carbonyl (C=O) groups excluding carboxylic acids is 2. The van der Waals surface area contributed by atoms with E-state index in [1.54, 1.807) is 18.3 Å². The van der Waals surface area contributed by atoms with E-state index in [1.807, 2.05) is 23.8 Å². The summed E-state index contributed by atoms with van der Waals surface area (Å²) >= 11 is 1.56. The van der Waals surface area contributed by atoms with Crippen LogP contribution in [0.25, 0.3) is 0 Å². The Morgan fingerprint density at radius 3 is 2.60 bits per heavy atom. The maximum absolute atomic E-state index is 11.7. The standard InChI is InChI=1S/C11H11NO2S/c1-7-5-10(13)12(11(7)14)8(2)9-3-4-15-6-9/h3-6,8H,1-2H3/t8-/m1/s1. The van der Waals surface area contributed by atoms with Gasteiger partial charge >= 0.3 is 0 Å². The van der Waals surface area contributed by atoms with Gasteiger partial charge in [-0.3, -0.25) is 14.5 Å². The van der Waals surface area contributed by atoms with E-state index < -0.39 is 0 Å². The molecule has 1 aromatic rings. The fourth-order valence-corrected chi connectivity index (χ4v) is 2.38. The SMILES string of the molecule is CC1=CC(=O)N([C@H](C)c2ccsc2)C1=O. The molecule has 0 N–H and O–H groups in total. The molecule has 0 fully saturated rings. The summed E-state index contributed by atoms with van der Waals surface area (Å²) in [5.41, 5.74) is 1.52. The lowest BCUT2D eigenvalue weighted by atomic mass is 10.1. The van der Waals surface area contributed by atoms with Crippen LogP contribution in [0.15, 0.2) is 28.5 Å². The highest BCUT2D eigenvalue weighted by Crippen LogP contribution is 2.27. The Hall–Kier alpha value is -1.42. The van der Waals surface area contributed by atoms with Crippen LogP contribution in [0.3, 0.4) is 0 Å². The van der Waals surface area contributed by atoms with Gasteiger partial charge in [-0.2, -0.15) is 11.3 Å². The smallest absolute Gasteiger partial charge is 0.257 e. The minimum atomic E-state index is -0.212. The number of rotatable bonds is 2. The number of hydrogen-bond donors (Lipinski definition) is 0. The molecule has 2 heterocycles. The Labute approximate surface area is 92.0 Å². The number of nitrogens with zero attached hydrogens (tertiary/aromatic N) is 1. The van der Waals surface area contributed by atoms with Crippen molar-refractivity contribution in [3.05, 3.63) is 34.0 Å². The van der Waals surface area contributed by atoms with Crippen molar-refractivity contribution in [3.8, 4) is 0 Å². The third-order valence-corrected chi connectivity index (χ3v) is 3.25. The number of hydrogen-bond acceptors (Lipinski definition) is 3. The molecule has 0 radical (unpaired) electrons. The first-order chi connectivity index (χ1) is 7.11. The van der Waals surface area contributed by atoms with Crippen LogP contribution in [-0.2, 0) is 9.59 Å². The van der Waals surface area contributed by atoms with Crippen LogP contribution >= 0.6 is 11.3 Å². The Balaban J connectivity index is 2.27. The van der Waals surface area contributed by atoms with Gasteiger partial charge in [0.1, 0.15) is 0 Å². The van der Waals surface area contributed by atoms with Crippen LogP contribution in [0.4, 0.5) is 0 Å². The first kappa shape index (κ1) is 10.1. The summed E-state index contributed by atoms with van der Waals surface area (Å²) in [5, 5.41) is 3.90. The zero-order valence-corrected chi connectivity index (χ0v) is 9.38. The van der Waals surface area contributed by atoms with Crippen LogP contribution in [0.1, 0.15) is 25.5 Å². The molecule has 2 amide bonds. The van der Waals surface area contributed by atoms with Crippen molar-refractivity contribution in [1.29, 1.82) is 0 Å². The molecule has 78 valence electrons. The van der Waals surface area contributed by atoms with E-state index in [0.717, 1.165) is 5.56 Å². The Bertz CT molecular complexity index is 433. The second-order valence-corrected chi connectivity index (χ2v) is 4.35. The third kappa shape index (κ3) is 1.61. The van der Waals surface area contributed by atoms with Crippen molar-refractivity contribution >= 4 is 23.2 Å². The molecule has 1 aliphatic rings. The summed E-state index contributed by atoms with van der Waals surface area (Å²) in [7, 11) is 0. The topological polar surface area (TPSA) is 37.4 Å². The second kappa shape index (κ2) is 3.62. The predicted octanol–water partition coefficient (Wildman–Crippen LogP) is 2.12. The molecule has 1 aliphatic heterocycles. The average Bonchev–Trinajstić information content (AvgIpc) is 2.76. The first-order valence-corrected chi connectivity index (χ1v) is 5.63. The van der Waals surface area contributed by atoms with Gasteiger partial charge in [0.05, 0.1) is 6.04 Å². The van der Waals surface area contributed by atoms with Crippen molar-refractivity contribution in [3.63, 3.8) is 0 Å². The molecule has 0 bridgehead atoms. The van der Waals surface area contributed by atoms with Crippen molar-refractivity contribution in [2.24, 2.45) is 0 Å². The molecule has 3 nitrogen and oxygen atoms in total. The number of imide groups is 1. The summed E-state index contributed by atoms with van der Waals surface area (Å²) in [5.74, 6) is -0.394. The van der Waals surface area contributed by atoms with E-state index in [1.165, 1.54) is 11.0 Å². The van der Waals surface area contributed by atoms with Crippen LogP contribution in [0, 0.1) is 0 Å². The molecule has 0 aliphatic carbocycles. The molecule has 15 heavy (non-hydrogen) atoms. The third-order valence-electron chi connectivity index (χ3n) is 2.55. The van der Waals surface area contributed by atoms with Crippen LogP contribution < -0.4 is 0 Å². The van der Waals surface area contributed by atoms with Crippen molar-refractivity contribution < 1.29 is 9.59 Å². The minimum Gasteiger partial charge on any atom is -0.269 e. The van der Waals surface area contributed by atoms with Gasteiger partial charge in [0.25, 0.3) is 11.8 Å². The van der Waals surface area contributed by atoms with Crippen molar-refractivity contribution in [2.75, 3.05) is 0 Å². The monoisotopic (exact) mass is 221 g/mol. The summed E-state index contributed by atoms with van der Waals surface area (Å²) in [6.07, 6.45) is 1.39. The molecular formula is C11H11NO2S. The molecule has 1 atom stereocenters. The lowest BCUT2D eigenvalue weighted by molar-refractivity contribution is -0.139. The van der Waals surface area contributed by atoms with Crippen molar-refractivity contribution in [2.45, 2.75) is 19.9 Å². The average molecular weight is 221 g/mol. The lowest BCUT2D eigenvalue weighted by Crippen LogP contribution is -2.33. The van der Waals surface area contributed by atoms with Gasteiger partial charge in [-0.05, 0) is 36.2 Å². The maximum Gasteiger partial charge on any atom is 0.257 e. The fraction of sp³-hybridized carbons (Fsp3) is 0.273. The van der Waals surface area contributed by atoms with Gasteiger partial charge in [0.2, 0.25) is 0 Å². The zero-order chi connectivity index (χ0) is 11.0. The highest BCUT2D eigenvalue weighted by atomic mass is 32.1. The highest BCUT2D eigenvalue weighted by Gasteiger charge is 2.32. The van der Waals surface area contributed by atoms with E-state index in [4.69, 9.17) is 0 Å². The molecule has 1 aromatic heterocycles. The molecule has 0 unspecified atom stereocenters. The molecular weight excluding hydrogens is 210 g/mol. The van der Waals surface area contributed by atoms with Crippen LogP contribution in [-0.4, -0.2) is 16.7 Å². The Kier molecular flexibility index (Phi) is 2.44. The van der Waals surface area contributed by atoms with E-state index in [0.29, 0.717) is 5.57 Å². The summed E-state index contributed by atoms with van der Waals surface area (Å²) < 4.78 is 0. The predicted molar refractivity (Wildman–Crippen MR) is 58.3 cm³/mol. The number of carbonyl (C=O) groups is 2. The normalized spacial score (nSPS) is 18.3. The second-order valence-electron chi connectivity index (χ2n) is 3.57. The molecule has 2 rings (SSSR count). The van der Waals surface area contributed by atoms with Gasteiger partial charge in [-0.25, -0.2) is 0 Å². The van der Waals surface area contributed by atoms with Gasteiger partial charge in [0.15, 0.2) is 0 Å². The lowest BCUT2D eigenvalue weighted by Gasteiger charge is -2.21. The Morgan fingerprint density at radius 2 is 2.13 bits per heavy atom. The van der Waals surface area contributed by atoms with E-state index >= 15 is 0 Å². The highest BCUT2D eigenvalue weighted by molar-refractivity contribution is 7.08. The van der Waals surface area contributed by atoms with Gasteiger partial charge < -0.3 is 0 Å². The van der Waals surface area contributed by atoms with Gasteiger partial charge in [-0.15, -0.1) is 0 Å². The van der Waals surface area contributed by atoms with Crippen molar-refractivity contribution in [1.82, 2.24) is 4.90 Å². The van der Waals surface area contributed by atoms with E-state index in [-0.39, 0.29) is 17.9 Å². The summed E-state index contributed by atoms with van der Waals surface area (Å²) in [4.78, 5) is 24.6. The first-order valence-electron chi connectivity index (χ1n) is 4.69. The molecule has 0 saturated heterocycles. The minimum absolute atomic E-state index is 0.176. The Morgan fingerprint density at radius 1 is 1.40 bits per heavy atom. The summed E-state index contributed by atoms with van der Waals surface area (Å²) in [6, 6.07) is 1.76. The quantitative estimate of drug-likeness (QED) is 0.717. The zero-order valence-electron chi connectivity index (χ0n) is 8.56. The fourth-order valence-electron chi connectivity index (χ4n) is 1.64. The largest absolute Gasteiger partial charge is 0.269 e. The molecule has 0 spiro atoms. The van der Waals surface area contributed by atoms with Gasteiger partial charge in [-0.1, -0.05) is 0 Å². The van der Waals surface area contributed by atoms with E-state index in [9.17, 15) is 9.59 Å². The molecule has 4 heteroatoms. The van der Waals surface area contributed by atoms with Crippen LogP contribution in [0.2, 0.25) is 0 Å². The molecule has 0 saturated carbocycles. The van der Waals surface area contributed by atoms with E-state index in [2.05, 4.69) is 0 Å². The summed E-state index contributed by atoms with van der Waals surface area (Å²) in [6.45, 7) is 3.53. The van der Waals surface area contributed by atoms with Crippen LogP contribution in [0.5, 0.6) is 0 Å². The maximum atomic E-state index is 11.7. The van der Waals surface area contributed by atoms with Gasteiger partial charge in [0, 0.05) is 11.6 Å².